The second-order valence-electron chi connectivity index (χ2n) is 10.3. The lowest BCUT2D eigenvalue weighted by Gasteiger charge is -2.43. The number of benzene rings is 1. The smallest absolute Gasteiger partial charge is 0.409 e. The van der Waals surface area contributed by atoms with Crippen LogP contribution in [0.4, 0.5) is 10.5 Å². The first-order valence-corrected chi connectivity index (χ1v) is 13.1. The SMILES string of the molecule is CCOC(=O)N1CCN(c2ccnn3cc(-c4ccc([C@@]5(C)CN(C(C)C)CCN5)cc4)cc23)CC1. The summed E-state index contributed by atoms with van der Waals surface area (Å²) in [6.07, 6.45) is 3.73. The van der Waals surface area contributed by atoms with Gasteiger partial charge in [0.25, 0.3) is 0 Å². The number of aromatic nitrogens is 2. The zero-order valence-electron chi connectivity index (χ0n) is 21.9. The maximum absolute atomic E-state index is 12.1. The summed E-state index contributed by atoms with van der Waals surface area (Å²) in [7, 11) is 0. The van der Waals surface area contributed by atoms with Gasteiger partial charge in [0.15, 0.2) is 0 Å². The lowest BCUT2D eigenvalue weighted by atomic mass is 9.88. The van der Waals surface area contributed by atoms with Crippen LogP contribution in [0.3, 0.4) is 0 Å². The van der Waals surface area contributed by atoms with Crippen LogP contribution in [0.2, 0.25) is 0 Å². The minimum atomic E-state index is -0.223. The van der Waals surface area contributed by atoms with Gasteiger partial charge < -0.3 is 19.9 Å². The number of hydrogen-bond acceptors (Lipinski definition) is 6. The van der Waals surface area contributed by atoms with Crippen molar-refractivity contribution >= 4 is 17.3 Å². The van der Waals surface area contributed by atoms with Gasteiger partial charge in [-0.2, -0.15) is 5.10 Å². The number of rotatable bonds is 5. The number of fused-ring (bicyclic) bond motifs is 1. The van der Waals surface area contributed by atoms with E-state index in [4.69, 9.17) is 4.74 Å². The van der Waals surface area contributed by atoms with Crippen molar-refractivity contribution in [3.05, 3.63) is 54.4 Å². The third-order valence-corrected chi connectivity index (χ3v) is 7.65. The molecule has 3 aromatic rings. The van der Waals surface area contributed by atoms with Crippen LogP contribution in [0.25, 0.3) is 16.6 Å². The first kappa shape index (κ1) is 24.6. The van der Waals surface area contributed by atoms with Crippen molar-refractivity contribution in [3.8, 4) is 11.1 Å². The van der Waals surface area contributed by atoms with Gasteiger partial charge in [0.05, 0.1) is 23.3 Å². The lowest BCUT2D eigenvalue weighted by Crippen LogP contribution is -2.58. The van der Waals surface area contributed by atoms with Crippen molar-refractivity contribution in [3.63, 3.8) is 0 Å². The first-order valence-electron chi connectivity index (χ1n) is 13.1. The monoisotopic (exact) mass is 490 g/mol. The third-order valence-electron chi connectivity index (χ3n) is 7.65. The molecule has 36 heavy (non-hydrogen) atoms. The predicted octanol–water partition coefficient (Wildman–Crippen LogP) is 3.81. The Labute approximate surface area is 213 Å². The normalized spacial score (nSPS) is 21.4. The van der Waals surface area contributed by atoms with E-state index in [9.17, 15) is 4.79 Å². The van der Waals surface area contributed by atoms with Gasteiger partial charge in [-0.25, -0.2) is 9.31 Å². The van der Waals surface area contributed by atoms with Crippen LogP contribution >= 0.6 is 0 Å². The Hall–Kier alpha value is -3.10. The van der Waals surface area contributed by atoms with E-state index in [1.807, 2.05) is 17.6 Å². The Bertz CT molecular complexity index is 1200. The molecule has 5 rings (SSSR count). The maximum Gasteiger partial charge on any atom is 0.409 e. The van der Waals surface area contributed by atoms with Crippen molar-refractivity contribution in [2.24, 2.45) is 0 Å². The van der Waals surface area contributed by atoms with Crippen LogP contribution in [-0.4, -0.2) is 84.0 Å². The number of hydrogen-bond donors (Lipinski definition) is 1. The average Bonchev–Trinajstić information content (AvgIpc) is 3.34. The van der Waals surface area contributed by atoms with Crippen LogP contribution in [0, 0.1) is 0 Å². The minimum Gasteiger partial charge on any atom is -0.450 e. The van der Waals surface area contributed by atoms with Crippen LogP contribution in [0.5, 0.6) is 0 Å². The number of ether oxygens (including phenoxy) is 1. The van der Waals surface area contributed by atoms with Gasteiger partial charge in [-0.3, -0.25) is 4.90 Å². The summed E-state index contributed by atoms with van der Waals surface area (Å²) in [5.41, 5.74) is 5.82. The second kappa shape index (κ2) is 10.1. The Morgan fingerprint density at radius 2 is 1.83 bits per heavy atom. The molecule has 8 nitrogen and oxygen atoms in total. The molecule has 4 heterocycles. The Kier molecular flexibility index (Phi) is 6.90. The van der Waals surface area contributed by atoms with Gasteiger partial charge in [0.2, 0.25) is 0 Å². The molecule has 8 heteroatoms. The number of nitrogens with one attached hydrogen (secondary N) is 1. The van der Waals surface area contributed by atoms with Crippen LogP contribution in [0.1, 0.15) is 33.3 Å². The molecule has 2 aliphatic rings. The fourth-order valence-electron chi connectivity index (χ4n) is 5.45. The molecule has 2 saturated heterocycles. The fourth-order valence-corrected chi connectivity index (χ4v) is 5.45. The highest BCUT2D eigenvalue weighted by Gasteiger charge is 2.33. The number of amides is 1. The van der Waals surface area contributed by atoms with E-state index < -0.39 is 0 Å². The van der Waals surface area contributed by atoms with Crippen molar-refractivity contribution in [2.75, 3.05) is 57.3 Å². The predicted molar refractivity (Wildman–Crippen MR) is 143 cm³/mol. The molecule has 2 aromatic heterocycles. The molecule has 0 spiro atoms. The zero-order valence-corrected chi connectivity index (χ0v) is 21.9. The number of carbonyl (C=O) groups is 1. The molecule has 0 bridgehead atoms. The molecule has 192 valence electrons. The molecule has 1 aromatic carbocycles. The highest BCUT2D eigenvalue weighted by atomic mass is 16.6. The van der Waals surface area contributed by atoms with E-state index in [0.29, 0.717) is 25.7 Å². The van der Waals surface area contributed by atoms with Crippen LogP contribution in [0.15, 0.2) is 48.8 Å². The molecular weight excluding hydrogens is 452 g/mol. The molecule has 1 atom stereocenters. The van der Waals surface area contributed by atoms with Gasteiger partial charge in [0, 0.05) is 69.8 Å². The van der Waals surface area contributed by atoms with E-state index in [0.717, 1.165) is 49.5 Å². The summed E-state index contributed by atoms with van der Waals surface area (Å²) in [5, 5.41) is 8.31. The molecule has 0 aliphatic carbocycles. The average molecular weight is 491 g/mol. The van der Waals surface area contributed by atoms with Gasteiger partial charge >= 0.3 is 6.09 Å². The van der Waals surface area contributed by atoms with Crippen molar-refractivity contribution in [2.45, 2.75) is 39.3 Å². The topological polar surface area (TPSA) is 65.3 Å². The molecule has 2 fully saturated rings. The maximum atomic E-state index is 12.1. The highest BCUT2D eigenvalue weighted by molar-refractivity contribution is 5.80. The van der Waals surface area contributed by atoms with E-state index in [-0.39, 0.29) is 11.6 Å². The van der Waals surface area contributed by atoms with Gasteiger partial charge in [-0.15, -0.1) is 0 Å². The van der Waals surface area contributed by atoms with Gasteiger partial charge in [-0.05, 0) is 51.0 Å². The van der Waals surface area contributed by atoms with Crippen LogP contribution in [-0.2, 0) is 10.3 Å². The highest BCUT2D eigenvalue weighted by Crippen LogP contribution is 2.31. The van der Waals surface area contributed by atoms with E-state index in [2.05, 4.69) is 83.6 Å². The van der Waals surface area contributed by atoms with Crippen molar-refractivity contribution in [1.82, 2.24) is 24.7 Å². The Balaban J connectivity index is 1.34. The number of anilines is 1. The van der Waals surface area contributed by atoms with Gasteiger partial charge in [-0.1, -0.05) is 24.3 Å². The summed E-state index contributed by atoms with van der Waals surface area (Å²) in [4.78, 5) is 18.7. The standard InChI is InChI=1S/C28H38N6O2/c1-5-36-27(35)32-16-14-31(15-17-32)25-10-11-30-34-19-23(18-26(25)34)22-6-8-24(9-7-22)28(4)20-33(21(2)3)13-12-29-28/h6-11,18-19,21,29H,5,12-17,20H2,1-4H3/t28-/m1/s1. The van der Waals surface area contributed by atoms with Gasteiger partial charge in [0.1, 0.15) is 0 Å². The third kappa shape index (κ3) is 4.80. The quantitative estimate of drug-likeness (QED) is 0.587. The number of nitrogens with zero attached hydrogens (tertiary/aromatic N) is 5. The Morgan fingerprint density at radius 3 is 2.53 bits per heavy atom. The van der Waals surface area contributed by atoms with E-state index in [1.54, 1.807) is 4.90 Å². The fraction of sp³-hybridized carbons (Fsp3) is 0.500. The van der Waals surface area contributed by atoms with Crippen molar-refractivity contribution in [1.29, 1.82) is 0 Å². The Morgan fingerprint density at radius 1 is 1.08 bits per heavy atom. The summed E-state index contributed by atoms with van der Waals surface area (Å²) >= 11 is 0. The van der Waals surface area contributed by atoms with E-state index >= 15 is 0 Å². The zero-order chi connectivity index (χ0) is 25.3. The first-order chi connectivity index (χ1) is 17.4. The molecule has 0 radical (unpaired) electrons. The van der Waals surface area contributed by atoms with E-state index in [1.165, 1.54) is 11.1 Å². The number of piperazine rings is 2. The largest absolute Gasteiger partial charge is 0.450 e. The van der Waals surface area contributed by atoms with Crippen molar-refractivity contribution < 1.29 is 9.53 Å². The van der Waals surface area contributed by atoms with Crippen LogP contribution < -0.4 is 10.2 Å². The molecular formula is C28H38N6O2. The molecule has 0 saturated carbocycles. The summed E-state index contributed by atoms with van der Waals surface area (Å²) < 4.78 is 7.12. The summed E-state index contributed by atoms with van der Waals surface area (Å²) in [6, 6.07) is 13.8. The molecule has 1 amide bonds. The second-order valence-corrected chi connectivity index (χ2v) is 10.3. The summed E-state index contributed by atoms with van der Waals surface area (Å²) in [6.45, 7) is 15.1. The molecule has 1 N–H and O–H groups in total. The lowest BCUT2D eigenvalue weighted by molar-refractivity contribution is 0.105. The molecule has 2 aliphatic heterocycles. The number of carbonyl (C=O) groups excluding carboxylic acids is 1. The summed E-state index contributed by atoms with van der Waals surface area (Å²) in [5.74, 6) is 0. The molecule has 0 unspecified atom stereocenters. The minimum absolute atomic E-state index is 0.0487.